The van der Waals surface area contributed by atoms with Crippen molar-refractivity contribution in [3.8, 4) is 0 Å². The molecule has 1 heteroatoms. The van der Waals surface area contributed by atoms with E-state index in [0.717, 1.165) is 31.5 Å². The van der Waals surface area contributed by atoms with Crippen molar-refractivity contribution in [2.24, 2.45) is 5.92 Å². The Labute approximate surface area is 124 Å². The highest BCUT2D eigenvalue weighted by Gasteiger charge is 2.20. The fourth-order valence-corrected chi connectivity index (χ4v) is 3.01. The summed E-state index contributed by atoms with van der Waals surface area (Å²) in [5.74, 6) is 1.50. The van der Waals surface area contributed by atoms with Crippen LogP contribution in [0.15, 0.2) is 36.9 Å². The number of hydrogen-bond donors (Lipinski definition) is 0. The number of ether oxygens (including phenoxy) is 1. The first kappa shape index (κ1) is 15.3. The second-order valence-corrected chi connectivity index (χ2v) is 6.00. The molecule has 2 rings (SSSR count). The first-order chi connectivity index (χ1) is 9.83. The number of hydrogen-bond acceptors (Lipinski definition) is 1. The molecule has 1 aliphatic rings. The van der Waals surface area contributed by atoms with E-state index in [9.17, 15) is 0 Å². The molecule has 1 aromatic carbocycles. The fourth-order valence-electron chi connectivity index (χ4n) is 3.01. The Bertz CT molecular complexity index is 385. The standard InChI is InChI=1S/C19H28O/c1-3-5-14-20-15-17-8-12-19(13-9-17)18-10-6-16(4-2)7-11-18/h4,8-9,12-13,16,18H,2-3,5-7,10-11,14-15H2,1H3/t16-,18-. The smallest absolute Gasteiger partial charge is 0.0716 e. The first-order valence-electron chi connectivity index (χ1n) is 8.12. The van der Waals surface area contributed by atoms with Gasteiger partial charge < -0.3 is 4.74 Å². The molecule has 0 N–H and O–H groups in total. The van der Waals surface area contributed by atoms with Gasteiger partial charge in [0.25, 0.3) is 0 Å². The summed E-state index contributed by atoms with van der Waals surface area (Å²) in [6.07, 6.45) is 9.71. The molecule has 0 atom stereocenters. The van der Waals surface area contributed by atoms with Gasteiger partial charge in [-0.15, -0.1) is 6.58 Å². The molecule has 110 valence electrons. The molecule has 0 aliphatic heterocycles. The van der Waals surface area contributed by atoms with E-state index in [1.54, 1.807) is 0 Å². The van der Waals surface area contributed by atoms with E-state index < -0.39 is 0 Å². The highest BCUT2D eigenvalue weighted by atomic mass is 16.5. The summed E-state index contributed by atoms with van der Waals surface area (Å²) >= 11 is 0. The van der Waals surface area contributed by atoms with Crippen LogP contribution in [0.4, 0.5) is 0 Å². The second-order valence-electron chi connectivity index (χ2n) is 6.00. The number of allylic oxidation sites excluding steroid dienone is 1. The predicted molar refractivity (Wildman–Crippen MR) is 85.9 cm³/mol. The summed E-state index contributed by atoms with van der Waals surface area (Å²) in [5, 5.41) is 0. The largest absolute Gasteiger partial charge is 0.377 e. The van der Waals surface area contributed by atoms with Crippen LogP contribution in [0, 0.1) is 5.92 Å². The van der Waals surface area contributed by atoms with Gasteiger partial charge >= 0.3 is 0 Å². The zero-order valence-electron chi connectivity index (χ0n) is 12.8. The summed E-state index contributed by atoms with van der Waals surface area (Å²) in [4.78, 5) is 0. The minimum Gasteiger partial charge on any atom is -0.377 e. The maximum Gasteiger partial charge on any atom is 0.0716 e. The Kier molecular flexibility index (Phi) is 6.32. The van der Waals surface area contributed by atoms with Gasteiger partial charge in [0.15, 0.2) is 0 Å². The van der Waals surface area contributed by atoms with E-state index in [1.165, 1.54) is 43.2 Å². The van der Waals surface area contributed by atoms with E-state index in [4.69, 9.17) is 4.74 Å². The summed E-state index contributed by atoms with van der Waals surface area (Å²) in [6, 6.07) is 9.08. The highest BCUT2D eigenvalue weighted by Crippen LogP contribution is 2.36. The molecule has 1 nitrogen and oxygen atoms in total. The first-order valence-corrected chi connectivity index (χ1v) is 8.12. The van der Waals surface area contributed by atoms with Crippen molar-refractivity contribution < 1.29 is 4.74 Å². The average molecular weight is 272 g/mol. The highest BCUT2D eigenvalue weighted by molar-refractivity contribution is 5.25. The summed E-state index contributed by atoms with van der Waals surface area (Å²) in [5.41, 5.74) is 2.80. The van der Waals surface area contributed by atoms with Gasteiger partial charge in [-0.1, -0.05) is 43.7 Å². The maximum atomic E-state index is 5.66. The maximum absolute atomic E-state index is 5.66. The summed E-state index contributed by atoms with van der Waals surface area (Å²) < 4.78 is 5.66. The number of rotatable bonds is 7. The van der Waals surface area contributed by atoms with Gasteiger partial charge in [0.2, 0.25) is 0 Å². The van der Waals surface area contributed by atoms with Crippen molar-refractivity contribution in [1.29, 1.82) is 0 Å². The molecule has 0 saturated heterocycles. The Morgan fingerprint density at radius 1 is 1.15 bits per heavy atom. The summed E-state index contributed by atoms with van der Waals surface area (Å²) in [6.45, 7) is 7.75. The van der Waals surface area contributed by atoms with Crippen molar-refractivity contribution in [2.75, 3.05) is 6.61 Å². The molecule has 1 fully saturated rings. The van der Waals surface area contributed by atoms with Crippen LogP contribution >= 0.6 is 0 Å². The Hall–Kier alpha value is -1.08. The minimum atomic E-state index is 0.748. The van der Waals surface area contributed by atoms with E-state index in [1.807, 2.05) is 0 Å². The summed E-state index contributed by atoms with van der Waals surface area (Å²) in [7, 11) is 0. The van der Waals surface area contributed by atoms with E-state index in [0.29, 0.717) is 0 Å². The molecular formula is C19H28O. The lowest BCUT2D eigenvalue weighted by atomic mass is 9.79. The molecule has 1 aliphatic carbocycles. The van der Waals surface area contributed by atoms with Crippen molar-refractivity contribution in [3.63, 3.8) is 0 Å². The molecule has 1 saturated carbocycles. The molecule has 0 bridgehead atoms. The molecule has 0 spiro atoms. The van der Waals surface area contributed by atoms with Crippen LogP contribution in [0.2, 0.25) is 0 Å². The zero-order chi connectivity index (χ0) is 14.2. The van der Waals surface area contributed by atoms with Gasteiger partial charge in [0, 0.05) is 6.61 Å². The Balaban J connectivity index is 1.81. The Morgan fingerprint density at radius 2 is 1.85 bits per heavy atom. The predicted octanol–water partition coefficient (Wildman–Crippen LogP) is 5.46. The third kappa shape index (κ3) is 4.49. The average Bonchev–Trinajstić information content (AvgIpc) is 2.52. The van der Waals surface area contributed by atoms with Crippen LogP contribution in [-0.4, -0.2) is 6.61 Å². The second kappa shape index (κ2) is 8.26. The van der Waals surface area contributed by atoms with Gasteiger partial charge in [0.1, 0.15) is 0 Å². The van der Waals surface area contributed by atoms with Crippen LogP contribution in [-0.2, 0) is 11.3 Å². The fraction of sp³-hybridized carbons (Fsp3) is 0.579. The third-order valence-corrected chi connectivity index (χ3v) is 4.47. The van der Waals surface area contributed by atoms with Crippen molar-refractivity contribution in [3.05, 3.63) is 48.0 Å². The molecule has 0 aromatic heterocycles. The van der Waals surface area contributed by atoms with Gasteiger partial charge in [0.05, 0.1) is 6.61 Å². The van der Waals surface area contributed by atoms with Gasteiger partial charge in [-0.3, -0.25) is 0 Å². The van der Waals surface area contributed by atoms with Crippen LogP contribution in [0.25, 0.3) is 0 Å². The van der Waals surface area contributed by atoms with Crippen molar-refractivity contribution in [1.82, 2.24) is 0 Å². The molecule has 1 aromatic rings. The number of benzene rings is 1. The quantitative estimate of drug-likeness (QED) is 0.473. The molecular weight excluding hydrogens is 244 g/mol. The Morgan fingerprint density at radius 3 is 2.45 bits per heavy atom. The lowest BCUT2D eigenvalue weighted by Gasteiger charge is -2.27. The normalized spacial score (nSPS) is 22.6. The monoisotopic (exact) mass is 272 g/mol. The minimum absolute atomic E-state index is 0.748. The lowest BCUT2D eigenvalue weighted by molar-refractivity contribution is 0.118. The van der Waals surface area contributed by atoms with Crippen LogP contribution < -0.4 is 0 Å². The van der Waals surface area contributed by atoms with Crippen molar-refractivity contribution >= 4 is 0 Å². The molecule has 0 amide bonds. The van der Waals surface area contributed by atoms with Gasteiger partial charge in [-0.25, -0.2) is 0 Å². The molecule has 0 unspecified atom stereocenters. The third-order valence-electron chi connectivity index (χ3n) is 4.47. The van der Waals surface area contributed by atoms with Crippen LogP contribution in [0.1, 0.15) is 62.5 Å². The lowest BCUT2D eigenvalue weighted by Crippen LogP contribution is -2.11. The van der Waals surface area contributed by atoms with Gasteiger partial charge in [-0.2, -0.15) is 0 Å². The SMILES string of the molecule is C=C[C@H]1CC[C@H](c2ccc(COCCCC)cc2)CC1. The molecule has 0 radical (unpaired) electrons. The number of unbranched alkanes of at least 4 members (excludes halogenated alkanes) is 1. The van der Waals surface area contributed by atoms with E-state index in [-0.39, 0.29) is 0 Å². The van der Waals surface area contributed by atoms with E-state index >= 15 is 0 Å². The van der Waals surface area contributed by atoms with E-state index in [2.05, 4.69) is 43.8 Å². The van der Waals surface area contributed by atoms with Gasteiger partial charge in [-0.05, 0) is 55.1 Å². The van der Waals surface area contributed by atoms with Crippen LogP contribution in [0.3, 0.4) is 0 Å². The zero-order valence-corrected chi connectivity index (χ0v) is 12.8. The topological polar surface area (TPSA) is 9.23 Å². The van der Waals surface area contributed by atoms with Crippen LogP contribution in [0.5, 0.6) is 0 Å². The molecule has 0 heterocycles. The van der Waals surface area contributed by atoms with Crippen molar-refractivity contribution in [2.45, 2.75) is 58.0 Å². The molecule has 20 heavy (non-hydrogen) atoms.